The van der Waals surface area contributed by atoms with Gasteiger partial charge in [0.05, 0.1) is 17.7 Å². The maximum Gasteiger partial charge on any atom is 0.262 e. The van der Waals surface area contributed by atoms with E-state index >= 15 is 0 Å². The van der Waals surface area contributed by atoms with Crippen molar-refractivity contribution in [3.8, 4) is 5.75 Å². The van der Waals surface area contributed by atoms with Crippen LogP contribution in [0.15, 0.2) is 71.6 Å². The summed E-state index contributed by atoms with van der Waals surface area (Å²) >= 11 is 0. The van der Waals surface area contributed by atoms with Gasteiger partial charge in [-0.25, -0.2) is 8.42 Å². The Bertz CT molecular complexity index is 1240. The highest BCUT2D eigenvalue weighted by Crippen LogP contribution is 2.34. The molecule has 6 nitrogen and oxygen atoms in total. The number of anilines is 2. The van der Waals surface area contributed by atoms with Crippen molar-refractivity contribution in [2.45, 2.75) is 44.4 Å². The first-order chi connectivity index (χ1) is 15.6. The molecular formula is C26H30N2O4S. The molecule has 0 aromatic heterocycles. The summed E-state index contributed by atoms with van der Waals surface area (Å²) in [6.45, 7) is 8.15. The fraction of sp³-hybridized carbons (Fsp3) is 0.269. The van der Waals surface area contributed by atoms with Crippen molar-refractivity contribution in [2.75, 3.05) is 17.1 Å². The van der Waals surface area contributed by atoms with Crippen molar-refractivity contribution >= 4 is 27.3 Å². The summed E-state index contributed by atoms with van der Waals surface area (Å²) in [4.78, 5) is 12.7. The van der Waals surface area contributed by atoms with Gasteiger partial charge < -0.3 is 10.1 Å². The number of rotatable bonds is 8. The number of ether oxygens (including phenoxy) is 1. The molecule has 0 spiro atoms. The van der Waals surface area contributed by atoms with Crippen LogP contribution in [0.1, 0.15) is 48.7 Å². The number of aryl methyl sites for hydroxylation is 1. The van der Waals surface area contributed by atoms with Crippen LogP contribution in [0.4, 0.5) is 11.4 Å². The van der Waals surface area contributed by atoms with Crippen LogP contribution < -0.4 is 14.8 Å². The molecular weight excluding hydrogens is 436 g/mol. The second kappa shape index (κ2) is 9.67. The predicted molar refractivity (Wildman–Crippen MR) is 133 cm³/mol. The van der Waals surface area contributed by atoms with Crippen LogP contribution in [-0.4, -0.2) is 21.4 Å². The zero-order valence-electron chi connectivity index (χ0n) is 19.6. The first kappa shape index (κ1) is 24.3. The molecule has 1 amide bonds. The van der Waals surface area contributed by atoms with Crippen LogP contribution in [0.3, 0.4) is 0 Å². The maximum absolute atomic E-state index is 13.0. The molecule has 0 aliphatic carbocycles. The molecule has 0 radical (unpaired) electrons. The molecule has 0 aliphatic rings. The smallest absolute Gasteiger partial charge is 0.262 e. The van der Waals surface area contributed by atoms with Crippen LogP contribution in [0, 0.1) is 6.92 Å². The average Bonchev–Trinajstić information content (AvgIpc) is 2.81. The standard InChI is InChI=1S/C26H30N2O4S/c1-6-26(3,4)20-12-14-21(15-13-20)33(30,31)28-23-16-18(2)22(17-24(23)32-5)27-25(29)19-10-8-7-9-11-19/h7-17,28H,6H2,1-5H3,(H,27,29). The van der Waals surface area contributed by atoms with E-state index in [0.717, 1.165) is 12.0 Å². The van der Waals surface area contributed by atoms with E-state index in [1.165, 1.54) is 7.11 Å². The van der Waals surface area contributed by atoms with Crippen LogP contribution in [-0.2, 0) is 15.4 Å². The van der Waals surface area contributed by atoms with Crippen molar-refractivity contribution in [3.05, 3.63) is 83.4 Å². The molecule has 0 unspecified atom stereocenters. The summed E-state index contributed by atoms with van der Waals surface area (Å²) < 4.78 is 34.1. The minimum atomic E-state index is -3.83. The lowest BCUT2D eigenvalue weighted by atomic mass is 9.82. The summed E-state index contributed by atoms with van der Waals surface area (Å²) in [5, 5.41) is 2.85. The molecule has 0 bridgehead atoms. The number of carbonyl (C=O) groups excluding carboxylic acids is 1. The molecule has 0 fully saturated rings. The lowest BCUT2D eigenvalue weighted by Crippen LogP contribution is -2.17. The van der Waals surface area contributed by atoms with Crippen LogP contribution in [0.5, 0.6) is 5.75 Å². The lowest BCUT2D eigenvalue weighted by Gasteiger charge is -2.23. The van der Waals surface area contributed by atoms with Gasteiger partial charge in [0.15, 0.2) is 0 Å². The van der Waals surface area contributed by atoms with Crippen molar-refractivity contribution in [1.82, 2.24) is 0 Å². The molecule has 0 atom stereocenters. The van der Waals surface area contributed by atoms with Gasteiger partial charge in [-0.05, 0) is 60.2 Å². The van der Waals surface area contributed by atoms with Gasteiger partial charge in [0.1, 0.15) is 5.75 Å². The fourth-order valence-corrected chi connectivity index (χ4v) is 4.41. The SMILES string of the molecule is CCC(C)(C)c1ccc(S(=O)(=O)Nc2cc(C)c(NC(=O)c3ccccc3)cc2OC)cc1. The molecule has 174 valence electrons. The highest BCUT2D eigenvalue weighted by molar-refractivity contribution is 7.92. The van der Waals surface area contributed by atoms with Gasteiger partial charge in [-0.2, -0.15) is 0 Å². The zero-order chi connectivity index (χ0) is 24.2. The number of carbonyl (C=O) groups is 1. The molecule has 7 heteroatoms. The second-order valence-electron chi connectivity index (χ2n) is 8.55. The fourth-order valence-electron chi connectivity index (χ4n) is 3.35. The highest BCUT2D eigenvalue weighted by Gasteiger charge is 2.21. The first-order valence-electron chi connectivity index (χ1n) is 10.8. The normalized spacial score (nSPS) is 11.7. The summed E-state index contributed by atoms with van der Waals surface area (Å²) in [6, 6.07) is 19.0. The van der Waals surface area contributed by atoms with Crippen molar-refractivity contribution in [1.29, 1.82) is 0 Å². The van der Waals surface area contributed by atoms with Gasteiger partial charge in [-0.1, -0.05) is 51.1 Å². The Kier molecular flexibility index (Phi) is 7.12. The van der Waals surface area contributed by atoms with E-state index < -0.39 is 10.0 Å². The third kappa shape index (κ3) is 5.54. The molecule has 3 aromatic rings. The Labute approximate surface area is 196 Å². The largest absolute Gasteiger partial charge is 0.494 e. The van der Waals surface area contributed by atoms with Crippen molar-refractivity contribution < 1.29 is 17.9 Å². The summed E-state index contributed by atoms with van der Waals surface area (Å²) in [5.74, 6) is 0.0421. The first-order valence-corrected chi connectivity index (χ1v) is 12.2. The van der Waals surface area contributed by atoms with E-state index in [4.69, 9.17) is 4.74 Å². The van der Waals surface area contributed by atoms with Crippen LogP contribution >= 0.6 is 0 Å². The van der Waals surface area contributed by atoms with Gasteiger partial charge in [0, 0.05) is 17.3 Å². The number of methoxy groups -OCH3 is 1. The average molecular weight is 467 g/mol. The molecule has 0 heterocycles. The second-order valence-corrected chi connectivity index (χ2v) is 10.2. The van der Waals surface area contributed by atoms with E-state index in [2.05, 4.69) is 30.8 Å². The predicted octanol–water partition coefficient (Wildman–Crippen LogP) is 5.74. The van der Waals surface area contributed by atoms with E-state index in [0.29, 0.717) is 28.3 Å². The Morgan fingerprint density at radius 2 is 1.61 bits per heavy atom. The number of benzene rings is 3. The van der Waals surface area contributed by atoms with Gasteiger partial charge in [0.2, 0.25) is 0 Å². The minimum Gasteiger partial charge on any atom is -0.494 e. The minimum absolute atomic E-state index is 0.0317. The number of sulfonamides is 1. The van der Waals surface area contributed by atoms with Crippen LogP contribution in [0.25, 0.3) is 0 Å². The van der Waals surface area contributed by atoms with Gasteiger partial charge in [-0.15, -0.1) is 0 Å². The Morgan fingerprint density at radius 1 is 0.970 bits per heavy atom. The zero-order valence-corrected chi connectivity index (χ0v) is 20.4. The van der Waals surface area contributed by atoms with Gasteiger partial charge in [0.25, 0.3) is 15.9 Å². The number of nitrogens with one attached hydrogen (secondary N) is 2. The van der Waals surface area contributed by atoms with E-state index in [1.54, 1.807) is 55.5 Å². The van der Waals surface area contributed by atoms with E-state index in [1.807, 2.05) is 18.2 Å². The molecule has 3 aromatic carbocycles. The van der Waals surface area contributed by atoms with Crippen molar-refractivity contribution in [3.63, 3.8) is 0 Å². The molecule has 0 saturated heterocycles. The Balaban J connectivity index is 1.86. The van der Waals surface area contributed by atoms with Gasteiger partial charge >= 0.3 is 0 Å². The summed E-state index contributed by atoms with van der Waals surface area (Å²) in [5.41, 5.74) is 3.10. The summed E-state index contributed by atoms with van der Waals surface area (Å²) in [6.07, 6.45) is 0.945. The molecule has 0 saturated carbocycles. The van der Waals surface area contributed by atoms with E-state index in [-0.39, 0.29) is 16.2 Å². The maximum atomic E-state index is 13.0. The summed E-state index contributed by atoms with van der Waals surface area (Å²) in [7, 11) is -2.38. The quantitative estimate of drug-likeness (QED) is 0.443. The Hall–Kier alpha value is -3.32. The third-order valence-corrected chi connectivity index (χ3v) is 7.29. The van der Waals surface area contributed by atoms with Crippen LogP contribution in [0.2, 0.25) is 0 Å². The molecule has 33 heavy (non-hydrogen) atoms. The lowest BCUT2D eigenvalue weighted by molar-refractivity contribution is 0.102. The highest BCUT2D eigenvalue weighted by atomic mass is 32.2. The molecule has 2 N–H and O–H groups in total. The number of hydrogen-bond acceptors (Lipinski definition) is 4. The molecule has 3 rings (SSSR count). The van der Waals surface area contributed by atoms with Crippen molar-refractivity contribution in [2.24, 2.45) is 0 Å². The topological polar surface area (TPSA) is 84.5 Å². The monoisotopic (exact) mass is 466 g/mol. The van der Waals surface area contributed by atoms with E-state index in [9.17, 15) is 13.2 Å². The molecule has 0 aliphatic heterocycles. The number of hydrogen-bond donors (Lipinski definition) is 2. The Morgan fingerprint density at radius 3 is 2.18 bits per heavy atom. The number of amides is 1. The third-order valence-electron chi connectivity index (χ3n) is 5.90. The van der Waals surface area contributed by atoms with Gasteiger partial charge in [-0.3, -0.25) is 9.52 Å².